The molecular weight excluding hydrogens is 253 g/mol. The first kappa shape index (κ1) is 15.8. The van der Waals surface area contributed by atoms with Crippen LogP contribution in [-0.2, 0) is 0 Å². The Bertz CT molecular complexity index is 373. The van der Waals surface area contributed by atoms with Gasteiger partial charge in [-0.05, 0) is 31.2 Å². The molecule has 0 aliphatic rings. The minimum absolute atomic E-state index is 0.0222. The van der Waals surface area contributed by atoms with Crippen LogP contribution in [0.1, 0.15) is 31.9 Å². The van der Waals surface area contributed by atoms with Crippen molar-refractivity contribution in [3.63, 3.8) is 0 Å². The Morgan fingerprint density at radius 2 is 1.79 bits per heavy atom. The van der Waals surface area contributed by atoms with E-state index in [1.165, 1.54) is 0 Å². The van der Waals surface area contributed by atoms with Crippen molar-refractivity contribution in [2.75, 3.05) is 25.0 Å². The summed E-state index contributed by atoms with van der Waals surface area (Å²) < 4.78 is 36.5. The number of rotatable bonds is 6. The summed E-state index contributed by atoms with van der Waals surface area (Å²) in [5, 5.41) is 3.29. The third-order valence-corrected chi connectivity index (χ3v) is 3.07. The van der Waals surface area contributed by atoms with Gasteiger partial charge in [-0.2, -0.15) is 13.2 Å². The largest absolute Gasteiger partial charge is 0.390 e. The van der Waals surface area contributed by atoms with E-state index in [1.807, 2.05) is 31.2 Å². The Labute approximate surface area is 112 Å². The van der Waals surface area contributed by atoms with E-state index in [1.54, 1.807) is 11.9 Å². The number of halogens is 3. The fourth-order valence-corrected chi connectivity index (χ4v) is 1.87. The second kappa shape index (κ2) is 6.80. The zero-order chi connectivity index (χ0) is 14.5. The second-order valence-electron chi connectivity index (χ2n) is 4.66. The highest BCUT2D eigenvalue weighted by Crippen LogP contribution is 2.22. The van der Waals surface area contributed by atoms with Crippen molar-refractivity contribution in [2.45, 2.75) is 32.5 Å². The highest BCUT2D eigenvalue weighted by atomic mass is 19.4. The number of hydrogen-bond donors (Lipinski definition) is 1. The molecular formula is C14H21F3N2. The number of nitrogens with zero attached hydrogens (tertiary/aromatic N) is 1. The Kier molecular flexibility index (Phi) is 5.66. The summed E-state index contributed by atoms with van der Waals surface area (Å²) in [5.41, 5.74) is 1.94. The molecule has 0 heterocycles. The van der Waals surface area contributed by atoms with Crippen LogP contribution in [0, 0.1) is 0 Å². The minimum atomic E-state index is -4.10. The number of nitrogens with one attached hydrogen (secondary N) is 1. The van der Waals surface area contributed by atoms with E-state index in [4.69, 9.17) is 0 Å². The second-order valence-corrected chi connectivity index (χ2v) is 4.66. The molecule has 0 aromatic heterocycles. The van der Waals surface area contributed by atoms with Crippen LogP contribution >= 0.6 is 0 Å². The molecule has 0 fully saturated rings. The lowest BCUT2D eigenvalue weighted by atomic mass is 10.1. The Morgan fingerprint density at radius 3 is 2.26 bits per heavy atom. The molecule has 5 heteroatoms. The van der Waals surface area contributed by atoms with Crippen LogP contribution in [0.15, 0.2) is 24.3 Å². The summed E-state index contributed by atoms with van der Waals surface area (Å²) in [4.78, 5) is 1.62. The monoisotopic (exact) mass is 274 g/mol. The van der Waals surface area contributed by atoms with Gasteiger partial charge in [0.15, 0.2) is 0 Å². The van der Waals surface area contributed by atoms with E-state index in [9.17, 15) is 13.2 Å². The molecule has 0 amide bonds. The van der Waals surface area contributed by atoms with Crippen LogP contribution in [-0.4, -0.2) is 26.3 Å². The Morgan fingerprint density at radius 1 is 1.21 bits per heavy atom. The molecule has 1 unspecified atom stereocenters. The third-order valence-electron chi connectivity index (χ3n) is 3.07. The van der Waals surface area contributed by atoms with Crippen LogP contribution in [0.4, 0.5) is 18.9 Å². The van der Waals surface area contributed by atoms with Crippen molar-refractivity contribution in [3.8, 4) is 0 Å². The van der Waals surface area contributed by atoms with Crippen LogP contribution in [0.3, 0.4) is 0 Å². The average molecular weight is 274 g/mol. The van der Waals surface area contributed by atoms with Crippen LogP contribution in [0.5, 0.6) is 0 Å². The van der Waals surface area contributed by atoms with Gasteiger partial charge < -0.3 is 10.2 Å². The molecule has 1 N–H and O–H groups in total. The maximum atomic E-state index is 12.2. The van der Waals surface area contributed by atoms with Crippen LogP contribution in [0.25, 0.3) is 0 Å². The van der Waals surface area contributed by atoms with E-state index in [0.717, 1.165) is 17.8 Å². The standard InChI is InChI=1S/C14H21F3N2/c1-4-18-11(2)12-5-7-13(8-6-12)19(3)10-9-14(15,16)17/h5-8,11,18H,4,9-10H2,1-3H3. The maximum Gasteiger partial charge on any atom is 0.390 e. The molecule has 0 spiro atoms. The lowest BCUT2D eigenvalue weighted by molar-refractivity contribution is -0.132. The summed E-state index contributed by atoms with van der Waals surface area (Å²) in [6.07, 6.45) is -4.90. The molecule has 2 nitrogen and oxygen atoms in total. The molecule has 0 aliphatic carbocycles. The normalized spacial score (nSPS) is 13.4. The summed E-state index contributed by atoms with van der Waals surface area (Å²) in [5.74, 6) is 0. The summed E-state index contributed by atoms with van der Waals surface area (Å²) >= 11 is 0. The van der Waals surface area contributed by atoms with Crippen LogP contribution in [0.2, 0.25) is 0 Å². The van der Waals surface area contributed by atoms with E-state index in [0.29, 0.717) is 0 Å². The quantitative estimate of drug-likeness (QED) is 0.850. The van der Waals surface area contributed by atoms with Crippen molar-refractivity contribution in [1.82, 2.24) is 5.32 Å². The molecule has 1 atom stereocenters. The summed E-state index contributed by atoms with van der Waals surface area (Å²) in [6, 6.07) is 7.87. The van der Waals surface area contributed by atoms with E-state index in [2.05, 4.69) is 12.2 Å². The van der Waals surface area contributed by atoms with Crippen molar-refractivity contribution in [2.24, 2.45) is 0 Å². The van der Waals surface area contributed by atoms with Gasteiger partial charge in [-0.3, -0.25) is 0 Å². The van der Waals surface area contributed by atoms with E-state index in [-0.39, 0.29) is 12.6 Å². The predicted molar refractivity (Wildman–Crippen MR) is 72.5 cm³/mol. The van der Waals surface area contributed by atoms with Crippen molar-refractivity contribution in [1.29, 1.82) is 0 Å². The fraction of sp³-hybridized carbons (Fsp3) is 0.571. The zero-order valence-electron chi connectivity index (χ0n) is 11.6. The number of benzene rings is 1. The van der Waals surface area contributed by atoms with Crippen LogP contribution < -0.4 is 10.2 Å². The lowest BCUT2D eigenvalue weighted by Gasteiger charge is -2.21. The topological polar surface area (TPSA) is 15.3 Å². The third kappa shape index (κ3) is 5.51. The van der Waals surface area contributed by atoms with Gasteiger partial charge in [0.25, 0.3) is 0 Å². The zero-order valence-corrected chi connectivity index (χ0v) is 11.6. The number of alkyl halides is 3. The van der Waals surface area contributed by atoms with Gasteiger partial charge in [0.2, 0.25) is 0 Å². The maximum absolute atomic E-state index is 12.2. The molecule has 1 rings (SSSR count). The molecule has 0 radical (unpaired) electrons. The van der Waals surface area contributed by atoms with Gasteiger partial charge in [0, 0.05) is 25.3 Å². The van der Waals surface area contributed by atoms with Gasteiger partial charge in [0.1, 0.15) is 0 Å². The number of anilines is 1. The Hall–Kier alpha value is -1.23. The molecule has 1 aromatic rings. The smallest absolute Gasteiger partial charge is 0.374 e. The molecule has 0 saturated heterocycles. The van der Waals surface area contributed by atoms with Gasteiger partial charge >= 0.3 is 6.18 Å². The molecule has 0 aliphatic heterocycles. The minimum Gasteiger partial charge on any atom is -0.374 e. The molecule has 0 bridgehead atoms. The molecule has 19 heavy (non-hydrogen) atoms. The van der Waals surface area contributed by atoms with E-state index < -0.39 is 12.6 Å². The molecule has 108 valence electrons. The van der Waals surface area contributed by atoms with Gasteiger partial charge in [-0.1, -0.05) is 19.1 Å². The molecule has 1 aromatic carbocycles. The van der Waals surface area contributed by atoms with Gasteiger partial charge in [-0.15, -0.1) is 0 Å². The molecule has 0 saturated carbocycles. The predicted octanol–water partition coefficient (Wildman–Crippen LogP) is 3.75. The fourth-order valence-electron chi connectivity index (χ4n) is 1.87. The number of hydrogen-bond acceptors (Lipinski definition) is 2. The Balaban J connectivity index is 2.60. The summed E-state index contributed by atoms with van der Waals surface area (Å²) in [6.45, 7) is 4.96. The van der Waals surface area contributed by atoms with Crippen molar-refractivity contribution in [3.05, 3.63) is 29.8 Å². The average Bonchev–Trinajstić information content (AvgIpc) is 2.35. The van der Waals surface area contributed by atoms with Crippen molar-refractivity contribution < 1.29 is 13.2 Å². The SMILES string of the molecule is CCNC(C)c1ccc(N(C)CCC(F)(F)F)cc1. The van der Waals surface area contributed by atoms with Gasteiger partial charge in [-0.25, -0.2) is 0 Å². The first-order chi connectivity index (χ1) is 8.83. The van der Waals surface area contributed by atoms with E-state index >= 15 is 0 Å². The lowest BCUT2D eigenvalue weighted by Crippen LogP contribution is -2.24. The highest BCUT2D eigenvalue weighted by molar-refractivity contribution is 5.47. The first-order valence-electron chi connectivity index (χ1n) is 6.44. The summed E-state index contributed by atoms with van der Waals surface area (Å²) in [7, 11) is 1.68. The van der Waals surface area contributed by atoms with Crippen molar-refractivity contribution >= 4 is 5.69 Å². The first-order valence-corrected chi connectivity index (χ1v) is 6.44. The highest BCUT2D eigenvalue weighted by Gasteiger charge is 2.27. The van der Waals surface area contributed by atoms with Gasteiger partial charge in [0.05, 0.1) is 6.42 Å².